The van der Waals surface area contributed by atoms with Gasteiger partial charge in [-0.3, -0.25) is 19.7 Å². The van der Waals surface area contributed by atoms with Crippen LogP contribution in [-0.4, -0.2) is 21.9 Å². The van der Waals surface area contributed by atoms with E-state index in [-0.39, 0.29) is 23.4 Å². The molecule has 0 radical (unpaired) electrons. The number of benzene rings is 1. The van der Waals surface area contributed by atoms with Crippen molar-refractivity contribution in [1.82, 2.24) is 0 Å². The number of aliphatic carboxylic acids is 1. The van der Waals surface area contributed by atoms with Gasteiger partial charge in [-0.1, -0.05) is 18.2 Å². The number of hydrogen-bond donors (Lipinski definition) is 2. The third-order valence-electron chi connectivity index (χ3n) is 5.56. The fourth-order valence-corrected chi connectivity index (χ4v) is 4.49. The monoisotopic (exact) mass is 328 g/mol. The lowest BCUT2D eigenvalue weighted by molar-refractivity contribution is -0.384. The van der Waals surface area contributed by atoms with Crippen LogP contribution in [0.15, 0.2) is 36.4 Å². The number of nitro groups is 1. The molecule has 4 aliphatic carbocycles. The highest BCUT2D eigenvalue weighted by Gasteiger charge is 2.62. The van der Waals surface area contributed by atoms with Gasteiger partial charge >= 0.3 is 5.97 Å². The number of carbonyl (C=O) groups is 2. The van der Waals surface area contributed by atoms with Crippen LogP contribution in [0, 0.1) is 45.6 Å². The Morgan fingerprint density at radius 2 is 1.83 bits per heavy atom. The molecule has 1 aromatic rings. The predicted octanol–water partition coefficient (Wildman–Crippen LogP) is 2.30. The van der Waals surface area contributed by atoms with Crippen molar-refractivity contribution in [1.29, 1.82) is 0 Å². The minimum atomic E-state index is -0.945. The zero-order valence-corrected chi connectivity index (χ0v) is 12.7. The number of amides is 1. The average Bonchev–Trinajstić information content (AvgIpc) is 3.36. The third kappa shape index (κ3) is 2.19. The molecule has 7 heteroatoms. The van der Waals surface area contributed by atoms with E-state index in [1.54, 1.807) is 6.07 Å². The maximum absolute atomic E-state index is 12.7. The van der Waals surface area contributed by atoms with Crippen LogP contribution in [0.5, 0.6) is 0 Å². The molecular weight excluding hydrogens is 312 g/mol. The maximum atomic E-state index is 12.7. The first-order valence-corrected chi connectivity index (χ1v) is 7.94. The number of non-ortho nitro benzene ring substituents is 1. The van der Waals surface area contributed by atoms with Crippen LogP contribution in [-0.2, 0) is 9.59 Å². The fraction of sp³-hybridized carbons (Fsp3) is 0.412. The molecule has 1 amide bonds. The van der Waals surface area contributed by atoms with E-state index in [9.17, 15) is 24.8 Å². The molecule has 124 valence electrons. The quantitative estimate of drug-likeness (QED) is 0.501. The number of hydrogen-bond acceptors (Lipinski definition) is 4. The second-order valence-electron chi connectivity index (χ2n) is 6.79. The summed E-state index contributed by atoms with van der Waals surface area (Å²) in [6.07, 6.45) is 4.91. The molecule has 1 aromatic carbocycles. The maximum Gasteiger partial charge on any atom is 0.307 e. The number of carboxylic acids is 1. The van der Waals surface area contributed by atoms with Gasteiger partial charge in [0.2, 0.25) is 5.91 Å². The predicted molar refractivity (Wildman–Crippen MR) is 84.1 cm³/mol. The lowest BCUT2D eigenvalue weighted by Gasteiger charge is -2.41. The topological polar surface area (TPSA) is 110 Å². The van der Waals surface area contributed by atoms with Gasteiger partial charge in [-0.15, -0.1) is 0 Å². The molecule has 2 N–H and O–H groups in total. The van der Waals surface area contributed by atoms with Crippen LogP contribution in [0.4, 0.5) is 11.4 Å². The molecule has 2 bridgehead atoms. The average molecular weight is 328 g/mol. The number of nitrogens with one attached hydrogen (secondary N) is 1. The molecule has 0 spiro atoms. The summed E-state index contributed by atoms with van der Waals surface area (Å²) in [6.45, 7) is 0. The fourth-order valence-electron chi connectivity index (χ4n) is 4.49. The second-order valence-corrected chi connectivity index (χ2v) is 6.79. The highest BCUT2D eigenvalue weighted by molar-refractivity contribution is 5.96. The lowest BCUT2D eigenvalue weighted by atomic mass is 9.62. The zero-order valence-electron chi connectivity index (χ0n) is 12.7. The SMILES string of the molecule is O=C(O)[C@@H]1[C@@H]2C=C[C@@H]([C@H]3C[C@H]23)[C@H]1C(=O)Nc1cccc([N+](=O)[O-])c1. The van der Waals surface area contributed by atoms with Crippen LogP contribution in [0.3, 0.4) is 0 Å². The Hall–Kier alpha value is -2.70. The van der Waals surface area contributed by atoms with Gasteiger partial charge in [-0.2, -0.15) is 0 Å². The van der Waals surface area contributed by atoms with E-state index in [1.165, 1.54) is 18.2 Å². The van der Waals surface area contributed by atoms with Gasteiger partial charge < -0.3 is 10.4 Å². The molecule has 24 heavy (non-hydrogen) atoms. The summed E-state index contributed by atoms with van der Waals surface area (Å²) >= 11 is 0. The van der Waals surface area contributed by atoms with Gasteiger partial charge in [0, 0.05) is 17.8 Å². The Labute approximate surface area is 137 Å². The van der Waals surface area contributed by atoms with Crippen LogP contribution >= 0.6 is 0 Å². The van der Waals surface area contributed by atoms with Crippen LogP contribution in [0.1, 0.15) is 6.42 Å². The number of carboxylic acid groups (broad SMARTS) is 1. The first kappa shape index (κ1) is 14.9. The lowest BCUT2D eigenvalue weighted by Crippen LogP contribution is -2.48. The standard InChI is InChI=1S/C17H16N2O5/c20-16(18-8-2-1-3-9(6-8)19(23)24)14-10-4-5-11(13-7-12(10)13)15(14)17(21)22/h1-6,10-15H,7H2,(H,18,20)(H,21,22)/t10-,11+,12+,13+,14+,15+/m0/s1. The van der Waals surface area contributed by atoms with Crippen molar-refractivity contribution in [3.63, 3.8) is 0 Å². The number of allylic oxidation sites excluding steroid dienone is 2. The Morgan fingerprint density at radius 1 is 1.17 bits per heavy atom. The van der Waals surface area contributed by atoms with Crippen LogP contribution in [0.25, 0.3) is 0 Å². The van der Waals surface area contributed by atoms with E-state index >= 15 is 0 Å². The molecule has 4 aliphatic rings. The summed E-state index contributed by atoms with van der Waals surface area (Å²) in [4.78, 5) is 34.8. The third-order valence-corrected chi connectivity index (χ3v) is 5.56. The number of anilines is 1. The van der Waals surface area contributed by atoms with Gasteiger partial charge in [0.25, 0.3) is 5.69 Å². The summed E-state index contributed by atoms with van der Waals surface area (Å²) in [5.74, 6) is -2.01. The molecule has 0 aromatic heterocycles. The minimum Gasteiger partial charge on any atom is -0.481 e. The number of carbonyl (C=O) groups excluding carboxylic acids is 1. The van der Waals surface area contributed by atoms with E-state index in [1.807, 2.05) is 12.2 Å². The molecule has 0 unspecified atom stereocenters. The molecule has 6 atom stereocenters. The van der Waals surface area contributed by atoms with Crippen molar-refractivity contribution >= 4 is 23.3 Å². The number of rotatable bonds is 4. The largest absolute Gasteiger partial charge is 0.481 e. The van der Waals surface area contributed by atoms with Crippen molar-refractivity contribution in [2.75, 3.05) is 5.32 Å². The molecule has 5 rings (SSSR count). The van der Waals surface area contributed by atoms with Crippen LogP contribution < -0.4 is 5.32 Å². The number of fused-ring (bicyclic) bond motifs is 1. The molecule has 0 heterocycles. The van der Waals surface area contributed by atoms with E-state index < -0.39 is 22.7 Å². The van der Waals surface area contributed by atoms with Gasteiger partial charge in [0.15, 0.2) is 0 Å². The minimum absolute atomic E-state index is 0.0557. The van der Waals surface area contributed by atoms with Crippen molar-refractivity contribution in [3.8, 4) is 0 Å². The van der Waals surface area contributed by atoms with E-state index in [0.29, 0.717) is 17.5 Å². The normalized spacial score (nSPS) is 35.2. The molecule has 2 saturated carbocycles. The summed E-state index contributed by atoms with van der Waals surface area (Å²) < 4.78 is 0. The molecule has 2 fully saturated rings. The second kappa shape index (κ2) is 5.15. The highest BCUT2D eigenvalue weighted by atomic mass is 16.6. The summed E-state index contributed by atoms with van der Waals surface area (Å²) in [6, 6.07) is 5.68. The van der Waals surface area contributed by atoms with Crippen molar-refractivity contribution in [2.24, 2.45) is 35.5 Å². The Kier molecular flexibility index (Phi) is 3.19. The summed E-state index contributed by atoms with van der Waals surface area (Å²) in [5.41, 5.74) is 0.200. The Morgan fingerprint density at radius 3 is 2.46 bits per heavy atom. The van der Waals surface area contributed by atoms with Crippen molar-refractivity contribution < 1.29 is 19.6 Å². The van der Waals surface area contributed by atoms with Crippen molar-refractivity contribution in [3.05, 3.63) is 46.5 Å². The molecule has 7 nitrogen and oxygen atoms in total. The van der Waals surface area contributed by atoms with Gasteiger partial charge in [-0.25, -0.2) is 0 Å². The first-order valence-electron chi connectivity index (χ1n) is 7.94. The molecule has 0 saturated heterocycles. The van der Waals surface area contributed by atoms with Gasteiger partial charge in [0.05, 0.1) is 16.8 Å². The smallest absolute Gasteiger partial charge is 0.307 e. The van der Waals surface area contributed by atoms with E-state index in [2.05, 4.69) is 5.32 Å². The number of nitrogens with zero attached hydrogens (tertiary/aromatic N) is 1. The van der Waals surface area contributed by atoms with E-state index in [4.69, 9.17) is 0 Å². The Bertz CT molecular complexity index is 774. The number of nitro benzene ring substituents is 1. The first-order chi connectivity index (χ1) is 11.5. The van der Waals surface area contributed by atoms with Crippen molar-refractivity contribution in [2.45, 2.75) is 6.42 Å². The summed E-state index contributed by atoms with van der Waals surface area (Å²) in [5, 5.41) is 23.1. The molecule has 0 aliphatic heterocycles. The zero-order chi connectivity index (χ0) is 17.0. The highest BCUT2D eigenvalue weighted by Crippen LogP contribution is 2.63. The van der Waals surface area contributed by atoms with Gasteiger partial charge in [-0.05, 0) is 36.2 Å². The van der Waals surface area contributed by atoms with Crippen LogP contribution in [0.2, 0.25) is 0 Å². The van der Waals surface area contributed by atoms with Gasteiger partial charge in [0.1, 0.15) is 0 Å². The molecular formula is C17H16N2O5. The Balaban J connectivity index is 1.59. The summed E-state index contributed by atoms with van der Waals surface area (Å²) in [7, 11) is 0. The van der Waals surface area contributed by atoms with E-state index in [0.717, 1.165) is 6.42 Å².